The third-order valence-electron chi connectivity index (χ3n) is 2.86. The quantitative estimate of drug-likeness (QED) is 0.787. The van der Waals surface area contributed by atoms with E-state index < -0.39 is 0 Å². The first-order valence-electron chi connectivity index (χ1n) is 5.58. The first-order chi connectivity index (χ1) is 8.20. The predicted molar refractivity (Wildman–Crippen MR) is 62.4 cm³/mol. The monoisotopic (exact) mass is 230 g/mol. The highest BCUT2D eigenvalue weighted by molar-refractivity contribution is 5.83. The maximum atomic E-state index is 11.6. The van der Waals surface area contributed by atoms with Crippen LogP contribution in [0.2, 0.25) is 0 Å². The van der Waals surface area contributed by atoms with E-state index in [0.29, 0.717) is 12.2 Å². The van der Waals surface area contributed by atoms with Crippen molar-refractivity contribution < 1.29 is 9.53 Å². The van der Waals surface area contributed by atoms with Gasteiger partial charge in [-0.15, -0.1) is 0 Å². The second kappa shape index (κ2) is 4.88. The number of hydrogen-bond acceptors (Lipinski definition) is 3. The number of nitriles is 1. The van der Waals surface area contributed by atoms with Gasteiger partial charge in [0.2, 0.25) is 0 Å². The van der Waals surface area contributed by atoms with Crippen LogP contribution in [0.3, 0.4) is 0 Å². The molecule has 1 fully saturated rings. The third kappa shape index (κ3) is 2.56. The summed E-state index contributed by atoms with van der Waals surface area (Å²) in [4.78, 5) is 13.3. The van der Waals surface area contributed by atoms with Crippen LogP contribution in [0.1, 0.15) is 12.0 Å². The number of hydrogen-bond donors (Lipinski definition) is 0. The molecule has 1 aliphatic heterocycles. The smallest absolute Gasteiger partial charge is 0.263 e. The second-order valence-electron chi connectivity index (χ2n) is 4.13. The van der Waals surface area contributed by atoms with E-state index in [1.54, 1.807) is 24.1 Å². The largest absolute Gasteiger partial charge is 0.481 e. The van der Waals surface area contributed by atoms with E-state index >= 15 is 0 Å². The van der Waals surface area contributed by atoms with E-state index in [2.05, 4.69) is 6.07 Å². The molecule has 0 aromatic heterocycles. The van der Waals surface area contributed by atoms with Crippen molar-refractivity contribution >= 4 is 5.91 Å². The zero-order valence-corrected chi connectivity index (χ0v) is 9.72. The van der Waals surface area contributed by atoms with Crippen LogP contribution in [0.4, 0.5) is 0 Å². The van der Waals surface area contributed by atoms with Crippen LogP contribution >= 0.6 is 0 Å². The molecule has 0 radical (unpaired) electrons. The molecule has 4 nitrogen and oxygen atoms in total. The molecule has 1 aromatic carbocycles. The highest BCUT2D eigenvalue weighted by Crippen LogP contribution is 2.19. The minimum atomic E-state index is -0.359. The molecule has 4 heteroatoms. The van der Waals surface area contributed by atoms with Gasteiger partial charge in [-0.05, 0) is 17.7 Å². The summed E-state index contributed by atoms with van der Waals surface area (Å²) in [7, 11) is 1.78. The lowest BCUT2D eigenvalue weighted by Gasteiger charge is -2.12. The molecule has 0 N–H and O–H groups in total. The lowest BCUT2D eigenvalue weighted by Crippen LogP contribution is -2.29. The predicted octanol–water partition coefficient (Wildman–Crippen LogP) is 1.36. The molecule has 1 atom stereocenters. The van der Waals surface area contributed by atoms with Crippen molar-refractivity contribution in [3.63, 3.8) is 0 Å². The Balaban J connectivity index is 2.00. The van der Waals surface area contributed by atoms with Gasteiger partial charge in [0.05, 0.1) is 12.5 Å². The van der Waals surface area contributed by atoms with Gasteiger partial charge in [-0.2, -0.15) is 5.26 Å². The number of amides is 1. The van der Waals surface area contributed by atoms with Crippen LogP contribution in [0.5, 0.6) is 5.75 Å². The number of carbonyl (C=O) groups excluding carboxylic acids is 1. The summed E-state index contributed by atoms with van der Waals surface area (Å²) >= 11 is 0. The minimum Gasteiger partial charge on any atom is -0.481 e. The number of nitrogens with zero attached hydrogens (tertiary/aromatic N) is 2. The Morgan fingerprint density at radius 3 is 2.71 bits per heavy atom. The fourth-order valence-electron chi connectivity index (χ4n) is 1.84. The van der Waals surface area contributed by atoms with E-state index in [0.717, 1.165) is 18.5 Å². The van der Waals surface area contributed by atoms with Gasteiger partial charge in [-0.1, -0.05) is 12.1 Å². The summed E-state index contributed by atoms with van der Waals surface area (Å²) in [5, 5.41) is 8.55. The molecule has 1 saturated heterocycles. The van der Waals surface area contributed by atoms with Crippen LogP contribution in [0, 0.1) is 11.3 Å². The summed E-state index contributed by atoms with van der Waals surface area (Å²) in [5.41, 5.74) is 0.953. The first kappa shape index (κ1) is 11.5. The summed E-state index contributed by atoms with van der Waals surface area (Å²) < 4.78 is 5.62. The topological polar surface area (TPSA) is 53.3 Å². The number of carbonyl (C=O) groups is 1. The summed E-state index contributed by atoms with van der Waals surface area (Å²) in [5.74, 6) is 0.714. The SMILES string of the molecule is CN1CCC(Oc2ccc(CC#N)cc2)C1=O. The molecular weight excluding hydrogens is 216 g/mol. The van der Waals surface area contributed by atoms with Gasteiger partial charge < -0.3 is 9.64 Å². The number of ether oxygens (including phenoxy) is 1. The fourth-order valence-corrected chi connectivity index (χ4v) is 1.84. The van der Waals surface area contributed by atoms with Gasteiger partial charge in [0.1, 0.15) is 5.75 Å². The molecule has 1 amide bonds. The molecule has 0 saturated carbocycles. The van der Waals surface area contributed by atoms with Gasteiger partial charge in [0, 0.05) is 20.0 Å². The van der Waals surface area contributed by atoms with E-state index in [-0.39, 0.29) is 12.0 Å². The van der Waals surface area contributed by atoms with Gasteiger partial charge in [-0.3, -0.25) is 4.79 Å². The van der Waals surface area contributed by atoms with Crippen LogP contribution in [0.15, 0.2) is 24.3 Å². The summed E-state index contributed by atoms with van der Waals surface area (Å²) in [6.07, 6.45) is 0.766. The van der Waals surface area contributed by atoms with Crippen LogP contribution in [-0.2, 0) is 11.2 Å². The lowest BCUT2D eigenvalue weighted by atomic mass is 10.1. The molecule has 0 aliphatic carbocycles. The molecule has 0 bridgehead atoms. The van der Waals surface area contributed by atoms with E-state index in [1.807, 2.05) is 12.1 Å². The number of likely N-dealkylation sites (tertiary alicyclic amines) is 1. The maximum Gasteiger partial charge on any atom is 0.263 e. The van der Waals surface area contributed by atoms with Crippen LogP contribution < -0.4 is 4.74 Å². The Labute approximate surface area is 100 Å². The molecule has 1 aromatic rings. The highest BCUT2D eigenvalue weighted by atomic mass is 16.5. The molecule has 1 unspecified atom stereocenters. The number of benzene rings is 1. The van der Waals surface area contributed by atoms with Crippen molar-refractivity contribution in [3.8, 4) is 11.8 Å². The average Bonchev–Trinajstić information content (AvgIpc) is 2.64. The Hall–Kier alpha value is -2.02. The third-order valence-corrected chi connectivity index (χ3v) is 2.86. The number of likely N-dealkylation sites (N-methyl/N-ethyl adjacent to an activating group) is 1. The summed E-state index contributed by atoms with van der Waals surface area (Å²) in [6.45, 7) is 0.746. The molecule has 17 heavy (non-hydrogen) atoms. The van der Waals surface area contributed by atoms with Gasteiger partial charge in [-0.25, -0.2) is 0 Å². The van der Waals surface area contributed by atoms with E-state index in [1.165, 1.54) is 0 Å². The lowest BCUT2D eigenvalue weighted by molar-refractivity contribution is -0.132. The molecule has 1 heterocycles. The van der Waals surface area contributed by atoms with Crippen molar-refractivity contribution in [2.45, 2.75) is 18.9 Å². The zero-order chi connectivity index (χ0) is 12.3. The Morgan fingerprint density at radius 2 is 2.18 bits per heavy atom. The van der Waals surface area contributed by atoms with E-state index in [9.17, 15) is 4.79 Å². The van der Waals surface area contributed by atoms with Gasteiger partial charge in [0.25, 0.3) is 5.91 Å². The van der Waals surface area contributed by atoms with Crippen LogP contribution in [-0.4, -0.2) is 30.5 Å². The molecule has 2 rings (SSSR count). The fraction of sp³-hybridized carbons (Fsp3) is 0.385. The van der Waals surface area contributed by atoms with Gasteiger partial charge in [0.15, 0.2) is 6.10 Å². The molecule has 0 spiro atoms. The number of rotatable bonds is 3. The summed E-state index contributed by atoms with van der Waals surface area (Å²) in [6, 6.07) is 9.39. The maximum absolute atomic E-state index is 11.6. The van der Waals surface area contributed by atoms with Gasteiger partial charge >= 0.3 is 0 Å². The highest BCUT2D eigenvalue weighted by Gasteiger charge is 2.30. The van der Waals surface area contributed by atoms with E-state index in [4.69, 9.17) is 10.00 Å². The normalized spacial score (nSPS) is 19.2. The van der Waals surface area contributed by atoms with Crippen molar-refractivity contribution in [2.24, 2.45) is 0 Å². The van der Waals surface area contributed by atoms with Crippen LogP contribution in [0.25, 0.3) is 0 Å². The molecular formula is C13H14N2O2. The van der Waals surface area contributed by atoms with Crippen molar-refractivity contribution in [2.75, 3.05) is 13.6 Å². The Morgan fingerprint density at radius 1 is 1.47 bits per heavy atom. The Kier molecular flexibility index (Phi) is 3.29. The second-order valence-corrected chi connectivity index (χ2v) is 4.13. The minimum absolute atomic E-state index is 0.0334. The first-order valence-corrected chi connectivity index (χ1v) is 5.58. The molecule has 1 aliphatic rings. The molecule has 88 valence electrons. The standard InChI is InChI=1S/C13H14N2O2/c1-15-9-7-12(13(15)16)17-11-4-2-10(3-5-11)6-8-14/h2-5,12H,6-7,9H2,1H3. The Bertz CT molecular complexity index is 447. The van der Waals surface area contributed by atoms with Crippen molar-refractivity contribution in [1.29, 1.82) is 5.26 Å². The van der Waals surface area contributed by atoms with Crippen molar-refractivity contribution in [1.82, 2.24) is 4.90 Å². The zero-order valence-electron chi connectivity index (χ0n) is 9.72. The average molecular weight is 230 g/mol. The van der Waals surface area contributed by atoms with Crippen molar-refractivity contribution in [3.05, 3.63) is 29.8 Å².